The predicted molar refractivity (Wildman–Crippen MR) is 104 cm³/mol. The molecule has 0 saturated carbocycles. The van der Waals surface area contributed by atoms with Crippen LogP contribution >= 0.6 is 11.8 Å². The van der Waals surface area contributed by atoms with Gasteiger partial charge in [0.15, 0.2) is 16.6 Å². The van der Waals surface area contributed by atoms with E-state index in [0.29, 0.717) is 29.3 Å². The fourth-order valence-electron chi connectivity index (χ4n) is 3.00. The lowest BCUT2D eigenvalue weighted by atomic mass is 9.87. The number of hydrogen-bond donors (Lipinski definition) is 1. The molecular formula is C19H21FN4O2S. The van der Waals surface area contributed by atoms with Gasteiger partial charge in [0.05, 0.1) is 12.1 Å². The van der Waals surface area contributed by atoms with Gasteiger partial charge in [0, 0.05) is 30.1 Å². The fraction of sp³-hybridized carbons (Fsp3) is 0.368. The lowest BCUT2D eigenvalue weighted by Crippen LogP contribution is -2.29. The molecule has 0 saturated heterocycles. The van der Waals surface area contributed by atoms with Gasteiger partial charge < -0.3 is 10.5 Å². The Morgan fingerprint density at radius 1 is 1.37 bits per heavy atom. The van der Waals surface area contributed by atoms with E-state index < -0.39 is 5.54 Å². The van der Waals surface area contributed by atoms with E-state index in [2.05, 4.69) is 15.0 Å². The molecule has 0 aliphatic carbocycles. The highest BCUT2D eigenvalue weighted by Gasteiger charge is 2.32. The molecule has 1 aliphatic rings. The zero-order valence-electron chi connectivity index (χ0n) is 15.2. The van der Waals surface area contributed by atoms with E-state index in [9.17, 15) is 9.18 Å². The van der Waals surface area contributed by atoms with Crippen molar-refractivity contribution in [1.82, 2.24) is 9.97 Å². The lowest BCUT2D eigenvalue weighted by Gasteiger charge is -2.30. The number of halogens is 1. The number of thioether (sulfide) groups is 1. The van der Waals surface area contributed by atoms with Crippen LogP contribution in [0.1, 0.15) is 41.9 Å². The number of Topliss-reactive ketones (excluding diaryl/α,β-unsaturated/α-hetero) is 1. The van der Waals surface area contributed by atoms with E-state index in [0.717, 1.165) is 5.75 Å². The highest BCUT2D eigenvalue weighted by Crippen LogP contribution is 2.36. The number of carbonyl (C=O) groups is 1. The molecule has 27 heavy (non-hydrogen) atoms. The monoisotopic (exact) mass is 388 g/mol. The number of ether oxygens (including phenoxy) is 1. The Balaban J connectivity index is 1.89. The van der Waals surface area contributed by atoms with Gasteiger partial charge in [-0.3, -0.25) is 9.79 Å². The maximum Gasteiger partial charge on any atom is 0.243 e. The largest absolute Gasteiger partial charge is 0.476 e. The first-order valence-electron chi connectivity index (χ1n) is 8.67. The minimum absolute atomic E-state index is 0.0655. The number of benzene rings is 1. The molecule has 2 aromatic rings. The third kappa shape index (κ3) is 4.27. The molecule has 0 radical (unpaired) electrons. The van der Waals surface area contributed by atoms with Gasteiger partial charge in [0.25, 0.3) is 0 Å². The Hall–Kier alpha value is -2.48. The molecule has 2 N–H and O–H groups in total. The molecule has 8 heteroatoms. The van der Waals surface area contributed by atoms with Crippen molar-refractivity contribution in [2.75, 3.05) is 12.4 Å². The van der Waals surface area contributed by atoms with Crippen molar-refractivity contribution in [3.8, 4) is 5.88 Å². The number of ketones is 1. The van der Waals surface area contributed by atoms with Crippen LogP contribution in [0.2, 0.25) is 0 Å². The lowest BCUT2D eigenvalue weighted by molar-refractivity contribution is 0.0983. The van der Waals surface area contributed by atoms with E-state index in [4.69, 9.17) is 10.5 Å². The molecule has 1 aliphatic heterocycles. The van der Waals surface area contributed by atoms with Crippen LogP contribution in [-0.4, -0.2) is 33.3 Å². The summed E-state index contributed by atoms with van der Waals surface area (Å²) >= 11 is 1.46. The Kier molecular flexibility index (Phi) is 5.74. The molecule has 1 aromatic carbocycles. The second-order valence-corrected chi connectivity index (χ2v) is 7.49. The second-order valence-electron chi connectivity index (χ2n) is 6.38. The smallest absolute Gasteiger partial charge is 0.243 e. The van der Waals surface area contributed by atoms with Gasteiger partial charge in [-0.25, -0.2) is 14.4 Å². The SMILES string of the molecule is CCOc1nccnc1C(=O)Cc1ccc(F)c([C@]2(C)CCSC(N)=N2)c1. The standard InChI is InChI=1S/C19H21FN4O2S/c1-3-26-17-16(22-7-8-23-17)15(25)11-12-4-5-14(20)13(10-12)19(2)6-9-27-18(21)24-19/h4-5,7-8,10H,3,6,9,11H2,1-2H3,(H2,21,24)/t19-/m0/s1. The zero-order valence-corrected chi connectivity index (χ0v) is 16.1. The van der Waals surface area contributed by atoms with E-state index in [1.54, 1.807) is 12.1 Å². The van der Waals surface area contributed by atoms with Gasteiger partial charge in [0.2, 0.25) is 5.88 Å². The number of rotatable bonds is 6. The third-order valence-corrected chi connectivity index (χ3v) is 5.18. The summed E-state index contributed by atoms with van der Waals surface area (Å²) in [6, 6.07) is 4.66. The summed E-state index contributed by atoms with van der Waals surface area (Å²) in [7, 11) is 0. The van der Waals surface area contributed by atoms with Crippen LogP contribution in [0.5, 0.6) is 5.88 Å². The van der Waals surface area contributed by atoms with E-state index in [1.807, 2.05) is 13.8 Å². The van der Waals surface area contributed by atoms with Crippen molar-refractivity contribution in [2.45, 2.75) is 32.2 Å². The topological polar surface area (TPSA) is 90.5 Å². The average Bonchev–Trinajstić information content (AvgIpc) is 2.63. The van der Waals surface area contributed by atoms with Crippen LogP contribution in [0.25, 0.3) is 0 Å². The first kappa shape index (κ1) is 19.3. The molecule has 0 amide bonds. The first-order valence-corrected chi connectivity index (χ1v) is 9.65. The molecule has 1 aromatic heterocycles. The summed E-state index contributed by atoms with van der Waals surface area (Å²) in [6.07, 6.45) is 3.66. The number of aromatic nitrogens is 2. The van der Waals surface area contributed by atoms with Crippen molar-refractivity contribution >= 4 is 22.7 Å². The molecule has 3 rings (SSSR count). The maximum absolute atomic E-state index is 14.5. The summed E-state index contributed by atoms with van der Waals surface area (Å²) in [5, 5.41) is 0.450. The number of hydrogen-bond acceptors (Lipinski definition) is 7. The van der Waals surface area contributed by atoms with Crippen molar-refractivity contribution in [2.24, 2.45) is 10.7 Å². The Morgan fingerprint density at radius 2 is 2.15 bits per heavy atom. The van der Waals surface area contributed by atoms with Crippen molar-refractivity contribution < 1.29 is 13.9 Å². The van der Waals surface area contributed by atoms with Crippen LogP contribution in [-0.2, 0) is 12.0 Å². The van der Waals surface area contributed by atoms with Crippen LogP contribution in [0.3, 0.4) is 0 Å². The van der Waals surface area contributed by atoms with Gasteiger partial charge in [-0.1, -0.05) is 17.8 Å². The molecule has 0 unspecified atom stereocenters. The minimum atomic E-state index is -0.735. The van der Waals surface area contributed by atoms with E-state index >= 15 is 0 Å². The molecule has 0 fully saturated rings. The number of nitrogens with zero attached hydrogens (tertiary/aromatic N) is 3. The van der Waals surface area contributed by atoms with Gasteiger partial charge in [-0.15, -0.1) is 0 Å². The fourth-order valence-corrected chi connectivity index (χ4v) is 3.98. The van der Waals surface area contributed by atoms with Crippen LogP contribution in [0.15, 0.2) is 35.6 Å². The maximum atomic E-state index is 14.5. The molecule has 1 atom stereocenters. The summed E-state index contributed by atoms with van der Waals surface area (Å²) in [5.74, 6) is 0.385. The summed E-state index contributed by atoms with van der Waals surface area (Å²) < 4.78 is 19.9. The number of aliphatic imine (C=N–C) groups is 1. The summed E-state index contributed by atoms with van der Waals surface area (Å²) in [5.41, 5.74) is 6.41. The van der Waals surface area contributed by atoms with Crippen molar-refractivity contribution in [1.29, 1.82) is 0 Å². The molecule has 6 nitrogen and oxygen atoms in total. The average molecular weight is 388 g/mol. The molecule has 2 heterocycles. The number of amidine groups is 1. The van der Waals surface area contributed by atoms with Crippen molar-refractivity contribution in [3.05, 3.63) is 53.2 Å². The molecule has 0 bridgehead atoms. The minimum Gasteiger partial charge on any atom is -0.476 e. The predicted octanol–water partition coefficient (Wildman–Crippen LogP) is 3.11. The second kappa shape index (κ2) is 8.04. The van der Waals surface area contributed by atoms with Gasteiger partial charge in [0.1, 0.15) is 5.82 Å². The van der Waals surface area contributed by atoms with Gasteiger partial charge in [-0.2, -0.15) is 0 Å². The van der Waals surface area contributed by atoms with Crippen molar-refractivity contribution in [3.63, 3.8) is 0 Å². The Bertz CT molecular complexity index is 890. The van der Waals surface area contributed by atoms with E-state index in [-0.39, 0.29) is 29.6 Å². The highest BCUT2D eigenvalue weighted by molar-refractivity contribution is 8.13. The third-order valence-electron chi connectivity index (χ3n) is 4.38. The Labute approximate surface area is 161 Å². The molecule has 142 valence electrons. The summed E-state index contributed by atoms with van der Waals surface area (Å²) in [6.45, 7) is 4.06. The van der Waals surface area contributed by atoms with Crippen LogP contribution < -0.4 is 10.5 Å². The van der Waals surface area contributed by atoms with Crippen LogP contribution in [0, 0.1) is 5.82 Å². The zero-order chi connectivity index (χ0) is 19.4. The Morgan fingerprint density at radius 3 is 2.89 bits per heavy atom. The highest BCUT2D eigenvalue weighted by atomic mass is 32.2. The van der Waals surface area contributed by atoms with E-state index in [1.165, 1.54) is 30.2 Å². The normalized spacial score (nSPS) is 19.4. The number of carbonyl (C=O) groups excluding carboxylic acids is 1. The molecule has 0 spiro atoms. The molecular weight excluding hydrogens is 367 g/mol. The quantitative estimate of drug-likeness (QED) is 0.765. The first-order chi connectivity index (χ1) is 12.9. The van der Waals surface area contributed by atoms with Gasteiger partial charge in [-0.05, 0) is 38.0 Å². The number of nitrogens with two attached hydrogens (primary N) is 1. The van der Waals surface area contributed by atoms with Crippen LogP contribution in [0.4, 0.5) is 4.39 Å². The van der Waals surface area contributed by atoms with Gasteiger partial charge >= 0.3 is 0 Å². The summed E-state index contributed by atoms with van der Waals surface area (Å²) in [4.78, 5) is 25.3.